The van der Waals surface area contributed by atoms with Crippen molar-refractivity contribution < 1.29 is 19.8 Å². The summed E-state index contributed by atoms with van der Waals surface area (Å²) in [6.07, 6.45) is 2.93. The SMILES string of the molecule is CC(O)C1CCN(C(=O)NCCCCCC(=O)O)C1. The fourth-order valence-corrected chi connectivity index (χ4v) is 2.25. The topological polar surface area (TPSA) is 89.9 Å². The number of nitrogens with zero attached hydrogens (tertiary/aromatic N) is 1. The van der Waals surface area contributed by atoms with E-state index in [9.17, 15) is 14.7 Å². The van der Waals surface area contributed by atoms with E-state index in [1.54, 1.807) is 11.8 Å². The first-order chi connectivity index (χ1) is 9.00. The molecule has 1 fully saturated rings. The number of hydrogen-bond acceptors (Lipinski definition) is 3. The second kappa shape index (κ2) is 7.99. The minimum atomic E-state index is -0.773. The fraction of sp³-hybridized carbons (Fsp3) is 0.846. The average Bonchev–Trinajstić information content (AvgIpc) is 2.82. The second-order valence-electron chi connectivity index (χ2n) is 5.17. The summed E-state index contributed by atoms with van der Waals surface area (Å²) in [6.45, 7) is 3.64. The summed E-state index contributed by atoms with van der Waals surface area (Å²) in [5.41, 5.74) is 0. The number of rotatable bonds is 7. The molecule has 0 aromatic rings. The molecule has 1 heterocycles. The lowest BCUT2D eigenvalue weighted by Gasteiger charge is -2.18. The van der Waals surface area contributed by atoms with Gasteiger partial charge in [-0.3, -0.25) is 4.79 Å². The third kappa shape index (κ3) is 5.92. The Morgan fingerprint density at radius 1 is 1.37 bits per heavy atom. The van der Waals surface area contributed by atoms with Gasteiger partial charge in [-0.05, 0) is 26.2 Å². The Bertz CT molecular complexity index is 307. The maximum atomic E-state index is 11.8. The van der Waals surface area contributed by atoms with Crippen LogP contribution in [-0.2, 0) is 4.79 Å². The number of carbonyl (C=O) groups excluding carboxylic acids is 1. The number of carbonyl (C=O) groups is 2. The summed E-state index contributed by atoms with van der Waals surface area (Å²) in [5, 5.41) is 20.8. The van der Waals surface area contributed by atoms with E-state index in [1.807, 2.05) is 0 Å². The van der Waals surface area contributed by atoms with Gasteiger partial charge in [0.1, 0.15) is 0 Å². The Hall–Kier alpha value is -1.30. The molecule has 6 heteroatoms. The number of carboxylic acids is 1. The molecule has 1 saturated heterocycles. The summed E-state index contributed by atoms with van der Waals surface area (Å²) >= 11 is 0. The highest BCUT2D eigenvalue weighted by atomic mass is 16.4. The third-order valence-corrected chi connectivity index (χ3v) is 3.54. The summed E-state index contributed by atoms with van der Waals surface area (Å²) in [4.78, 5) is 23.8. The van der Waals surface area contributed by atoms with E-state index >= 15 is 0 Å². The van der Waals surface area contributed by atoms with Gasteiger partial charge in [-0.15, -0.1) is 0 Å². The van der Waals surface area contributed by atoms with E-state index in [1.165, 1.54) is 0 Å². The molecule has 0 radical (unpaired) electrons. The van der Waals surface area contributed by atoms with Crippen LogP contribution < -0.4 is 5.32 Å². The quantitative estimate of drug-likeness (QED) is 0.604. The highest BCUT2D eigenvalue weighted by Gasteiger charge is 2.28. The number of aliphatic hydroxyl groups is 1. The lowest BCUT2D eigenvalue weighted by molar-refractivity contribution is -0.137. The van der Waals surface area contributed by atoms with Gasteiger partial charge in [-0.1, -0.05) is 6.42 Å². The van der Waals surface area contributed by atoms with Crippen LogP contribution in [0.4, 0.5) is 4.79 Å². The minimum Gasteiger partial charge on any atom is -0.481 e. The molecule has 0 aromatic heterocycles. The number of nitrogens with one attached hydrogen (secondary N) is 1. The maximum Gasteiger partial charge on any atom is 0.317 e. The molecule has 3 N–H and O–H groups in total. The molecule has 1 aliphatic heterocycles. The predicted octanol–water partition coefficient (Wildman–Crippen LogP) is 1.04. The molecule has 2 unspecified atom stereocenters. The van der Waals surface area contributed by atoms with Crippen LogP contribution in [0, 0.1) is 5.92 Å². The van der Waals surface area contributed by atoms with Crippen molar-refractivity contribution in [2.45, 2.75) is 45.1 Å². The van der Waals surface area contributed by atoms with Gasteiger partial charge in [0.25, 0.3) is 0 Å². The molecular weight excluding hydrogens is 248 g/mol. The summed E-state index contributed by atoms with van der Waals surface area (Å²) in [5.74, 6) is -0.591. The van der Waals surface area contributed by atoms with Gasteiger partial charge < -0.3 is 20.4 Å². The molecule has 6 nitrogen and oxygen atoms in total. The second-order valence-corrected chi connectivity index (χ2v) is 5.17. The number of amides is 2. The van der Waals surface area contributed by atoms with E-state index in [-0.39, 0.29) is 24.5 Å². The van der Waals surface area contributed by atoms with Crippen molar-refractivity contribution in [1.82, 2.24) is 10.2 Å². The molecule has 1 rings (SSSR count). The first-order valence-corrected chi connectivity index (χ1v) is 6.93. The fourth-order valence-electron chi connectivity index (χ4n) is 2.25. The summed E-state index contributed by atoms with van der Waals surface area (Å²) < 4.78 is 0. The van der Waals surface area contributed by atoms with Crippen molar-refractivity contribution in [2.24, 2.45) is 5.92 Å². The van der Waals surface area contributed by atoms with Crippen LogP contribution in [0.25, 0.3) is 0 Å². The number of carboxylic acid groups (broad SMARTS) is 1. The van der Waals surface area contributed by atoms with E-state index in [0.717, 1.165) is 19.3 Å². The van der Waals surface area contributed by atoms with Gasteiger partial charge >= 0.3 is 12.0 Å². The molecule has 110 valence electrons. The van der Waals surface area contributed by atoms with Crippen LogP contribution in [0.3, 0.4) is 0 Å². The van der Waals surface area contributed by atoms with Crippen LogP contribution in [0.15, 0.2) is 0 Å². The first-order valence-electron chi connectivity index (χ1n) is 6.93. The van der Waals surface area contributed by atoms with Crippen LogP contribution in [0.5, 0.6) is 0 Å². The summed E-state index contributed by atoms with van der Waals surface area (Å²) in [7, 11) is 0. The molecule has 0 bridgehead atoms. The largest absolute Gasteiger partial charge is 0.481 e. The lowest BCUT2D eigenvalue weighted by Crippen LogP contribution is -2.39. The Labute approximate surface area is 113 Å². The molecule has 1 aliphatic rings. The number of aliphatic carboxylic acids is 1. The Morgan fingerprint density at radius 3 is 2.68 bits per heavy atom. The lowest BCUT2D eigenvalue weighted by atomic mass is 10.0. The van der Waals surface area contributed by atoms with Crippen molar-refractivity contribution in [3.63, 3.8) is 0 Å². The molecular formula is C13H24N2O4. The monoisotopic (exact) mass is 272 g/mol. The number of likely N-dealkylation sites (tertiary alicyclic amines) is 1. The minimum absolute atomic E-state index is 0.0821. The average molecular weight is 272 g/mol. The summed E-state index contributed by atoms with van der Waals surface area (Å²) in [6, 6.07) is -0.0821. The van der Waals surface area contributed by atoms with Crippen molar-refractivity contribution in [3.8, 4) is 0 Å². The van der Waals surface area contributed by atoms with Crippen LogP contribution in [-0.4, -0.2) is 52.9 Å². The Balaban J connectivity index is 2.07. The molecule has 2 amide bonds. The van der Waals surface area contributed by atoms with Gasteiger partial charge in [0.2, 0.25) is 0 Å². The van der Waals surface area contributed by atoms with Crippen LogP contribution in [0.1, 0.15) is 39.0 Å². The Morgan fingerprint density at radius 2 is 2.11 bits per heavy atom. The normalized spacial score (nSPS) is 20.3. The van der Waals surface area contributed by atoms with E-state index in [0.29, 0.717) is 26.1 Å². The third-order valence-electron chi connectivity index (χ3n) is 3.54. The molecule has 0 spiro atoms. The van der Waals surface area contributed by atoms with E-state index < -0.39 is 5.97 Å². The van der Waals surface area contributed by atoms with E-state index in [2.05, 4.69) is 5.32 Å². The zero-order valence-corrected chi connectivity index (χ0v) is 11.5. The molecule has 2 atom stereocenters. The number of hydrogen-bond donors (Lipinski definition) is 3. The van der Waals surface area contributed by atoms with Crippen LogP contribution in [0.2, 0.25) is 0 Å². The van der Waals surface area contributed by atoms with Crippen molar-refractivity contribution in [1.29, 1.82) is 0 Å². The zero-order chi connectivity index (χ0) is 14.3. The van der Waals surface area contributed by atoms with Crippen LogP contribution >= 0.6 is 0 Å². The van der Waals surface area contributed by atoms with Gasteiger partial charge in [-0.2, -0.15) is 0 Å². The zero-order valence-electron chi connectivity index (χ0n) is 11.5. The van der Waals surface area contributed by atoms with Crippen molar-refractivity contribution in [2.75, 3.05) is 19.6 Å². The van der Waals surface area contributed by atoms with Crippen molar-refractivity contribution >= 4 is 12.0 Å². The molecule has 0 saturated carbocycles. The number of urea groups is 1. The maximum absolute atomic E-state index is 11.8. The number of unbranched alkanes of at least 4 members (excludes halogenated alkanes) is 2. The smallest absolute Gasteiger partial charge is 0.317 e. The highest BCUT2D eigenvalue weighted by Crippen LogP contribution is 2.19. The van der Waals surface area contributed by atoms with Gasteiger partial charge in [0, 0.05) is 32.0 Å². The molecule has 19 heavy (non-hydrogen) atoms. The van der Waals surface area contributed by atoms with Gasteiger partial charge in [-0.25, -0.2) is 4.79 Å². The molecule has 0 aromatic carbocycles. The van der Waals surface area contributed by atoms with Crippen molar-refractivity contribution in [3.05, 3.63) is 0 Å². The van der Waals surface area contributed by atoms with Gasteiger partial charge in [0.05, 0.1) is 6.10 Å². The predicted molar refractivity (Wildman–Crippen MR) is 70.9 cm³/mol. The van der Waals surface area contributed by atoms with Gasteiger partial charge in [0.15, 0.2) is 0 Å². The highest BCUT2D eigenvalue weighted by molar-refractivity contribution is 5.74. The standard InChI is InChI=1S/C13H24N2O4/c1-10(16)11-6-8-15(9-11)13(19)14-7-4-2-3-5-12(17)18/h10-11,16H,2-9H2,1H3,(H,14,19)(H,17,18). The van der Waals surface area contributed by atoms with E-state index in [4.69, 9.17) is 5.11 Å². The molecule has 0 aliphatic carbocycles. The Kier molecular flexibility index (Phi) is 6.62. The first kappa shape index (κ1) is 15.8. The number of aliphatic hydroxyl groups excluding tert-OH is 1.